The fraction of sp³-hybridized carbons (Fsp3) is 0. The molecule has 0 unspecified atom stereocenters. The van der Waals surface area contributed by atoms with Crippen LogP contribution in [0.15, 0.2) is 57.8 Å². The minimum Gasteiger partial charge on any atom is -0.353 e. The molecule has 0 saturated heterocycles. The van der Waals surface area contributed by atoms with Gasteiger partial charge in [-0.2, -0.15) is 0 Å². The molecule has 0 aliphatic rings. The van der Waals surface area contributed by atoms with Gasteiger partial charge in [-0.25, -0.2) is 0 Å². The number of aromatic amines is 2. The van der Waals surface area contributed by atoms with E-state index >= 15 is 0 Å². The summed E-state index contributed by atoms with van der Waals surface area (Å²) in [5, 5.41) is 1.54. The number of H-pyrrole nitrogens is 2. The number of fused-ring (bicyclic) bond motifs is 3. The monoisotopic (exact) mass is 372 g/mol. The van der Waals surface area contributed by atoms with Gasteiger partial charge in [0.1, 0.15) is 0 Å². The van der Waals surface area contributed by atoms with Gasteiger partial charge in [0, 0.05) is 21.5 Å². The van der Waals surface area contributed by atoms with Crippen molar-refractivity contribution in [2.75, 3.05) is 0 Å². The Labute approximate surface area is 139 Å². The van der Waals surface area contributed by atoms with Gasteiger partial charge in [0.25, 0.3) is 5.56 Å². The molecular formula is C17H10BrClN2O. The second kappa shape index (κ2) is 5.00. The number of aromatic nitrogens is 2. The third-order valence-electron chi connectivity index (χ3n) is 3.73. The maximum Gasteiger partial charge on any atom is 0.263 e. The smallest absolute Gasteiger partial charge is 0.263 e. The fourth-order valence-electron chi connectivity index (χ4n) is 2.75. The standard InChI is InChI=1S/C17H10BrClN2O/c18-14-13(9-4-2-1-3-5-9)16-15(21-17(14)22)11-8-10(19)6-7-12(11)20-16/h1-8,20H,(H,21,22). The van der Waals surface area contributed by atoms with Crippen LogP contribution in [0.3, 0.4) is 0 Å². The van der Waals surface area contributed by atoms with Crippen LogP contribution in [0.1, 0.15) is 0 Å². The van der Waals surface area contributed by atoms with E-state index in [1.165, 1.54) is 0 Å². The molecule has 0 spiro atoms. The molecule has 2 aromatic heterocycles. The van der Waals surface area contributed by atoms with Gasteiger partial charge < -0.3 is 9.97 Å². The maximum absolute atomic E-state index is 12.3. The van der Waals surface area contributed by atoms with Crippen LogP contribution in [-0.2, 0) is 0 Å². The SMILES string of the molecule is O=c1[nH]c2c([nH]c3ccc(Cl)cc32)c(-c2ccccc2)c1Br. The molecule has 0 bridgehead atoms. The summed E-state index contributed by atoms with van der Waals surface area (Å²) < 4.78 is 0.517. The summed E-state index contributed by atoms with van der Waals surface area (Å²) in [6.45, 7) is 0. The van der Waals surface area contributed by atoms with E-state index in [0.717, 1.165) is 33.1 Å². The average Bonchev–Trinajstić information content (AvgIpc) is 2.87. The molecule has 5 heteroatoms. The van der Waals surface area contributed by atoms with Crippen LogP contribution >= 0.6 is 27.5 Å². The van der Waals surface area contributed by atoms with Gasteiger partial charge in [0.05, 0.1) is 15.5 Å². The topological polar surface area (TPSA) is 48.6 Å². The van der Waals surface area contributed by atoms with Crippen molar-refractivity contribution in [3.05, 3.63) is 68.4 Å². The molecule has 0 amide bonds. The van der Waals surface area contributed by atoms with Crippen LogP contribution in [0.4, 0.5) is 0 Å². The lowest BCUT2D eigenvalue weighted by molar-refractivity contribution is 1.28. The molecule has 2 aromatic carbocycles. The first-order valence-corrected chi connectivity index (χ1v) is 7.90. The van der Waals surface area contributed by atoms with E-state index in [0.29, 0.717) is 9.50 Å². The Hall–Kier alpha value is -2.04. The first-order valence-electron chi connectivity index (χ1n) is 6.73. The van der Waals surface area contributed by atoms with Gasteiger partial charge >= 0.3 is 0 Å². The Bertz CT molecular complexity index is 1070. The Kier molecular flexibility index (Phi) is 3.10. The molecule has 0 radical (unpaired) electrons. The number of pyridine rings is 1. The van der Waals surface area contributed by atoms with E-state index in [9.17, 15) is 4.79 Å². The minimum atomic E-state index is -0.160. The van der Waals surface area contributed by atoms with Crippen molar-refractivity contribution in [1.29, 1.82) is 0 Å². The minimum absolute atomic E-state index is 0.160. The van der Waals surface area contributed by atoms with Crippen molar-refractivity contribution in [3.8, 4) is 11.1 Å². The molecule has 2 heterocycles. The number of hydrogen-bond acceptors (Lipinski definition) is 1. The summed E-state index contributed by atoms with van der Waals surface area (Å²) in [5.74, 6) is 0. The molecule has 0 aliphatic carbocycles. The molecule has 0 aliphatic heterocycles. The highest BCUT2D eigenvalue weighted by Gasteiger charge is 2.16. The highest BCUT2D eigenvalue weighted by atomic mass is 79.9. The zero-order chi connectivity index (χ0) is 15.3. The van der Waals surface area contributed by atoms with E-state index in [1.807, 2.05) is 48.5 Å². The number of hydrogen-bond donors (Lipinski definition) is 2. The Morgan fingerprint density at radius 2 is 1.73 bits per heavy atom. The zero-order valence-electron chi connectivity index (χ0n) is 11.3. The second-order valence-corrected chi connectivity index (χ2v) is 6.30. The van der Waals surface area contributed by atoms with E-state index in [1.54, 1.807) is 0 Å². The number of halogens is 2. The number of benzene rings is 2. The van der Waals surface area contributed by atoms with E-state index in [-0.39, 0.29) is 5.56 Å². The third-order valence-corrected chi connectivity index (χ3v) is 4.72. The van der Waals surface area contributed by atoms with Gasteiger partial charge in [-0.3, -0.25) is 4.79 Å². The molecule has 0 saturated carbocycles. The van der Waals surface area contributed by atoms with E-state index in [2.05, 4.69) is 25.9 Å². The molecule has 4 aromatic rings. The summed E-state index contributed by atoms with van der Waals surface area (Å²) in [5.41, 5.74) is 4.26. The molecule has 4 rings (SSSR count). The molecule has 3 nitrogen and oxygen atoms in total. The molecule has 2 N–H and O–H groups in total. The highest BCUT2D eigenvalue weighted by Crippen LogP contribution is 2.35. The summed E-state index contributed by atoms with van der Waals surface area (Å²) >= 11 is 9.51. The number of nitrogens with one attached hydrogen (secondary N) is 2. The van der Waals surface area contributed by atoms with Crippen LogP contribution in [0.25, 0.3) is 33.1 Å². The molecule has 22 heavy (non-hydrogen) atoms. The quantitative estimate of drug-likeness (QED) is 0.479. The lowest BCUT2D eigenvalue weighted by atomic mass is 10.1. The summed E-state index contributed by atoms with van der Waals surface area (Å²) in [4.78, 5) is 18.6. The first kappa shape index (κ1) is 13.6. The normalized spacial score (nSPS) is 11.4. The van der Waals surface area contributed by atoms with Crippen LogP contribution < -0.4 is 5.56 Å². The third kappa shape index (κ3) is 1.99. The molecular weight excluding hydrogens is 364 g/mol. The Morgan fingerprint density at radius 3 is 2.50 bits per heavy atom. The van der Waals surface area contributed by atoms with Gasteiger partial charge in [-0.05, 0) is 39.7 Å². The largest absolute Gasteiger partial charge is 0.353 e. The predicted octanol–water partition coefficient (Wildman–Crippen LogP) is 5.09. The van der Waals surface area contributed by atoms with Crippen LogP contribution in [-0.4, -0.2) is 9.97 Å². The van der Waals surface area contributed by atoms with Crippen molar-refractivity contribution >= 4 is 49.5 Å². The molecule has 0 fully saturated rings. The second-order valence-electron chi connectivity index (χ2n) is 5.07. The van der Waals surface area contributed by atoms with Crippen molar-refractivity contribution in [3.63, 3.8) is 0 Å². The first-order chi connectivity index (χ1) is 10.6. The summed E-state index contributed by atoms with van der Waals surface area (Å²) in [7, 11) is 0. The summed E-state index contributed by atoms with van der Waals surface area (Å²) in [6, 6.07) is 15.4. The van der Waals surface area contributed by atoms with Gasteiger partial charge in [0.15, 0.2) is 0 Å². The highest BCUT2D eigenvalue weighted by molar-refractivity contribution is 9.10. The molecule has 108 valence electrons. The lowest BCUT2D eigenvalue weighted by Crippen LogP contribution is -2.08. The van der Waals surface area contributed by atoms with Gasteiger partial charge in [-0.1, -0.05) is 41.9 Å². The van der Waals surface area contributed by atoms with Crippen LogP contribution in [0.5, 0.6) is 0 Å². The van der Waals surface area contributed by atoms with Crippen LogP contribution in [0.2, 0.25) is 5.02 Å². The van der Waals surface area contributed by atoms with Gasteiger partial charge in [0.2, 0.25) is 0 Å². The fourth-order valence-corrected chi connectivity index (χ4v) is 3.45. The van der Waals surface area contributed by atoms with Gasteiger partial charge in [-0.15, -0.1) is 0 Å². The zero-order valence-corrected chi connectivity index (χ0v) is 13.6. The summed E-state index contributed by atoms with van der Waals surface area (Å²) in [6.07, 6.45) is 0. The van der Waals surface area contributed by atoms with E-state index in [4.69, 9.17) is 11.6 Å². The predicted molar refractivity (Wildman–Crippen MR) is 94.6 cm³/mol. The number of rotatable bonds is 1. The maximum atomic E-state index is 12.3. The van der Waals surface area contributed by atoms with Crippen LogP contribution in [0, 0.1) is 0 Å². The average molecular weight is 374 g/mol. The molecule has 0 atom stereocenters. The lowest BCUT2D eigenvalue weighted by Gasteiger charge is -2.06. The van der Waals surface area contributed by atoms with E-state index < -0.39 is 0 Å². The van der Waals surface area contributed by atoms with Crippen molar-refractivity contribution in [1.82, 2.24) is 9.97 Å². The van der Waals surface area contributed by atoms with Crippen molar-refractivity contribution in [2.45, 2.75) is 0 Å². The van der Waals surface area contributed by atoms with Crippen molar-refractivity contribution < 1.29 is 0 Å². The Morgan fingerprint density at radius 1 is 0.955 bits per heavy atom. The Balaban J connectivity index is 2.22. The van der Waals surface area contributed by atoms with Crippen molar-refractivity contribution in [2.24, 2.45) is 0 Å².